The smallest absolute Gasteiger partial charge is 0.322 e. The van der Waals surface area contributed by atoms with E-state index in [1.54, 1.807) is 12.1 Å². The van der Waals surface area contributed by atoms with Crippen LogP contribution >= 0.6 is 0 Å². The van der Waals surface area contributed by atoms with Gasteiger partial charge in [0, 0.05) is 31.2 Å². The van der Waals surface area contributed by atoms with Crippen LogP contribution < -0.4 is 20.9 Å². The van der Waals surface area contributed by atoms with Crippen molar-refractivity contribution < 1.29 is 18.8 Å². The summed E-state index contributed by atoms with van der Waals surface area (Å²) in [6.07, 6.45) is 2.10. The van der Waals surface area contributed by atoms with Crippen molar-refractivity contribution >= 4 is 23.5 Å². The van der Waals surface area contributed by atoms with Crippen molar-refractivity contribution in [2.24, 2.45) is 0 Å². The van der Waals surface area contributed by atoms with Crippen LogP contribution in [0.4, 0.5) is 14.9 Å². The zero-order valence-corrected chi connectivity index (χ0v) is 13.8. The lowest BCUT2D eigenvalue weighted by Crippen LogP contribution is -2.45. The van der Waals surface area contributed by atoms with Gasteiger partial charge in [0.25, 0.3) is 5.91 Å². The van der Waals surface area contributed by atoms with Crippen molar-refractivity contribution in [3.63, 3.8) is 0 Å². The number of nitrogens with zero attached hydrogens (tertiary/aromatic N) is 1. The van der Waals surface area contributed by atoms with E-state index >= 15 is 0 Å². The molecule has 8 heteroatoms. The van der Waals surface area contributed by atoms with Gasteiger partial charge in [-0.2, -0.15) is 0 Å². The van der Waals surface area contributed by atoms with Gasteiger partial charge in [-0.3, -0.25) is 14.9 Å². The largest absolute Gasteiger partial charge is 0.371 e. The standard InChI is InChI=1S/C17H21FN4O3/c18-11-1-3-13(4-2-11)22-9-7-12(8-10-22)19-15(23)6-5-14-16(24)21-17(25)20-14/h1-4,12,14H,5-10H2,(H,19,23)(H2,20,21,24,25)/t14-/m0/s1. The highest BCUT2D eigenvalue weighted by Gasteiger charge is 2.30. The average Bonchev–Trinajstić information content (AvgIpc) is 2.92. The summed E-state index contributed by atoms with van der Waals surface area (Å²) < 4.78 is 13.0. The monoisotopic (exact) mass is 348 g/mol. The number of carbonyl (C=O) groups is 3. The summed E-state index contributed by atoms with van der Waals surface area (Å²) in [6.45, 7) is 1.58. The maximum absolute atomic E-state index is 13.0. The van der Waals surface area contributed by atoms with Crippen LogP contribution in [0, 0.1) is 5.82 Å². The second kappa shape index (κ2) is 7.50. The number of anilines is 1. The number of hydrogen-bond acceptors (Lipinski definition) is 4. The number of halogens is 1. The number of imide groups is 1. The van der Waals surface area contributed by atoms with Gasteiger partial charge in [-0.05, 0) is 43.5 Å². The second-order valence-corrected chi connectivity index (χ2v) is 6.36. The summed E-state index contributed by atoms with van der Waals surface area (Å²) in [5.74, 6) is -0.752. The molecule has 3 rings (SSSR count). The molecule has 0 saturated carbocycles. The van der Waals surface area contributed by atoms with Gasteiger partial charge in [-0.25, -0.2) is 9.18 Å². The second-order valence-electron chi connectivity index (χ2n) is 6.36. The molecular weight excluding hydrogens is 327 g/mol. The number of nitrogens with one attached hydrogen (secondary N) is 3. The average molecular weight is 348 g/mol. The summed E-state index contributed by atoms with van der Waals surface area (Å²) in [6, 6.07) is 5.37. The zero-order chi connectivity index (χ0) is 17.8. The molecule has 7 nitrogen and oxygen atoms in total. The maximum atomic E-state index is 13.0. The van der Waals surface area contributed by atoms with Gasteiger partial charge in [0.1, 0.15) is 11.9 Å². The van der Waals surface area contributed by atoms with Crippen LogP contribution in [0.2, 0.25) is 0 Å². The molecule has 0 unspecified atom stereocenters. The first kappa shape index (κ1) is 17.2. The van der Waals surface area contributed by atoms with Gasteiger partial charge in [-0.1, -0.05) is 0 Å². The molecule has 2 aliphatic rings. The number of hydrogen-bond donors (Lipinski definition) is 3. The van der Waals surface area contributed by atoms with Crippen molar-refractivity contribution in [2.75, 3.05) is 18.0 Å². The Balaban J connectivity index is 1.39. The van der Waals surface area contributed by atoms with E-state index in [-0.39, 0.29) is 36.5 Å². The lowest BCUT2D eigenvalue weighted by molar-refractivity contribution is -0.122. The Morgan fingerprint density at radius 2 is 1.88 bits per heavy atom. The normalized spacial score (nSPS) is 21.0. The minimum Gasteiger partial charge on any atom is -0.371 e. The number of urea groups is 1. The summed E-state index contributed by atoms with van der Waals surface area (Å²) in [7, 11) is 0. The van der Waals surface area contributed by atoms with Gasteiger partial charge >= 0.3 is 6.03 Å². The minimum atomic E-state index is -0.626. The van der Waals surface area contributed by atoms with Crippen molar-refractivity contribution in [2.45, 2.75) is 37.8 Å². The molecule has 0 aliphatic carbocycles. The van der Waals surface area contributed by atoms with E-state index in [9.17, 15) is 18.8 Å². The van der Waals surface area contributed by atoms with E-state index in [0.29, 0.717) is 0 Å². The van der Waals surface area contributed by atoms with Crippen LogP contribution in [-0.2, 0) is 9.59 Å². The van der Waals surface area contributed by atoms with Gasteiger partial charge in [0.05, 0.1) is 0 Å². The Labute approximate surface area is 144 Å². The first-order valence-electron chi connectivity index (χ1n) is 8.42. The molecule has 2 fully saturated rings. The fourth-order valence-corrected chi connectivity index (χ4v) is 3.17. The molecule has 3 N–H and O–H groups in total. The molecule has 0 radical (unpaired) electrons. The molecule has 134 valence electrons. The van der Waals surface area contributed by atoms with E-state index in [0.717, 1.165) is 31.6 Å². The topological polar surface area (TPSA) is 90.5 Å². The number of benzene rings is 1. The highest BCUT2D eigenvalue weighted by Crippen LogP contribution is 2.20. The third-order valence-electron chi connectivity index (χ3n) is 4.57. The lowest BCUT2D eigenvalue weighted by atomic mass is 10.0. The van der Waals surface area contributed by atoms with Crippen LogP contribution in [0.25, 0.3) is 0 Å². The van der Waals surface area contributed by atoms with Crippen molar-refractivity contribution in [1.29, 1.82) is 0 Å². The Hall–Kier alpha value is -2.64. The van der Waals surface area contributed by atoms with E-state index in [2.05, 4.69) is 20.9 Å². The number of carbonyl (C=O) groups excluding carboxylic acids is 3. The fourth-order valence-electron chi connectivity index (χ4n) is 3.17. The van der Waals surface area contributed by atoms with E-state index in [1.165, 1.54) is 12.1 Å². The van der Waals surface area contributed by atoms with Gasteiger partial charge in [0.15, 0.2) is 0 Å². The molecule has 0 bridgehead atoms. The highest BCUT2D eigenvalue weighted by molar-refractivity contribution is 6.04. The first-order valence-corrected chi connectivity index (χ1v) is 8.42. The van der Waals surface area contributed by atoms with Crippen molar-refractivity contribution in [3.05, 3.63) is 30.1 Å². The van der Waals surface area contributed by atoms with E-state index in [1.807, 2.05) is 0 Å². The van der Waals surface area contributed by atoms with Gasteiger partial charge in [-0.15, -0.1) is 0 Å². The summed E-state index contributed by atoms with van der Waals surface area (Å²) in [4.78, 5) is 36.6. The Morgan fingerprint density at radius 3 is 2.48 bits per heavy atom. The van der Waals surface area contributed by atoms with Crippen molar-refractivity contribution in [1.82, 2.24) is 16.0 Å². The Morgan fingerprint density at radius 1 is 1.20 bits per heavy atom. The predicted octanol–water partition coefficient (Wildman–Crippen LogP) is 0.899. The van der Waals surface area contributed by atoms with Gasteiger partial charge in [0.2, 0.25) is 5.91 Å². The van der Waals surface area contributed by atoms with E-state index in [4.69, 9.17) is 0 Å². The molecule has 25 heavy (non-hydrogen) atoms. The quantitative estimate of drug-likeness (QED) is 0.690. The van der Waals surface area contributed by atoms with Gasteiger partial charge < -0.3 is 15.5 Å². The Kier molecular flexibility index (Phi) is 5.16. The highest BCUT2D eigenvalue weighted by atomic mass is 19.1. The maximum Gasteiger partial charge on any atom is 0.322 e. The molecule has 0 spiro atoms. The Bertz CT molecular complexity index is 656. The molecule has 2 aliphatic heterocycles. The molecule has 4 amide bonds. The van der Waals surface area contributed by atoms with Crippen LogP contribution in [0.1, 0.15) is 25.7 Å². The minimum absolute atomic E-state index is 0.0937. The third-order valence-corrected chi connectivity index (χ3v) is 4.57. The molecule has 1 aromatic carbocycles. The summed E-state index contributed by atoms with van der Waals surface area (Å²) >= 11 is 0. The van der Waals surface area contributed by atoms with E-state index < -0.39 is 12.1 Å². The molecule has 2 saturated heterocycles. The van der Waals surface area contributed by atoms with Crippen molar-refractivity contribution in [3.8, 4) is 0 Å². The zero-order valence-electron chi connectivity index (χ0n) is 13.8. The molecule has 0 aromatic heterocycles. The first-order chi connectivity index (χ1) is 12.0. The van der Waals surface area contributed by atoms with Crippen LogP contribution in [0.5, 0.6) is 0 Å². The third kappa shape index (κ3) is 4.46. The number of rotatable bonds is 5. The SMILES string of the molecule is O=C(CC[C@@H]1NC(=O)NC1=O)NC1CCN(c2ccc(F)cc2)CC1. The fraction of sp³-hybridized carbons (Fsp3) is 0.471. The van der Waals surface area contributed by atoms with Crippen LogP contribution in [0.3, 0.4) is 0 Å². The molecular formula is C17H21FN4O3. The number of piperidine rings is 1. The predicted molar refractivity (Wildman–Crippen MR) is 89.5 cm³/mol. The lowest BCUT2D eigenvalue weighted by Gasteiger charge is -2.34. The summed E-state index contributed by atoms with van der Waals surface area (Å²) in [5.41, 5.74) is 0.981. The van der Waals surface area contributed by atoms with Crippen LogP contribution in [0.15, 0.2) is 24.3 Å². The molecule has 1 aromatic rings. The number of amides is 4. The molecule has 2 heterocycles. The molecule has 1 atom stereocenters. The van der Waals surface area contributed by atoms with Crippen LogP contribution in [-0.4, -0.2) is 43.0 Å². The summed E-state index contributed by atoms with van der Waals surface area (Å²) in [5, 5.41) is 7.60.